The molecule has 0 radical (unpaired) electrons. The fourth-order valence-corrected chi connectivity index (χ4v) is 2.76. The molecule has 0 unspecified atom stereocenters. The van der Waals surface area contributed by atoms with Crippen LogP contribution in [-0.2, 0) is 0 Å². The molecule has 0 bridgehead atoms. The first-order valence-corrected chi connectivity index (χ1v) is 8.17. The molecular weight excluding hydrogens is 344 g/mol. The zero-order chi connectivity index (χ0) is 18.8. The Hall–Kier alpha value is -4.00. The minimum atomic E-state index is -1.29. The lowest BCUT2D eigenvalue weighted by molar-refractivity contribution is 0.0695. The van der Waals surface area contributed by atoms with Gasteiger partial charge in [0.1, 0.15) is 5.56 Å². The van der Waals surface area contributed by atoms with Crippen LogP contribution in [0, 0.1) is 0 Å². The van der Waals surface area contributed by atoms with Crippen molar-refractivity contribution in [3.05, 3.63) is 88.8 Å². The summed E-state index contributed by atoms with van der Waals surface area (Å²) in [6, 6.07) is 18.5. The molecule has 0 aliphatic carbocycles. The van der Waals surface area contributed by atoms with Gasteiger partial charge >= 0.3 is 5.97 Å². The minimum absolute atomic E-state index is 0.136. The molecule has 27 heavy (non-hydrogen) atoms. The number of aromatic carboxylic acids is 1. The van der Waals surface area contributed by atoms with Crippen molar-refractivity contribution in [2.75, 3.05) is 5.32 Å². The summed E-state index contributed by atoms with van der Waals surface area (Å²) in [5.74, 6) is -0.987. The standard InChI is InChI=1S/C20H14N4O3/c25-17-15-11-21-20(22-13-7-3-1-4-8-13)23-18(15)24(12-16(17)19(26)27)14-9-5-2-6-10-14/h1-12H,(H,26,27)(H,21,22,23). The van der Waals surface area contributed by atoms with E-state index in [4.69, 9.17) is 0 Å². The lowest BCUT2D eigenvalue weighted by Gasteiger charge is -2.12. The van der Waals surface area contributed by atoms with Gasteiger partial charge in [0.15, 0.2) is 5.65 Å². The van der Waals surface area contributed by atoms with E-state index in [0.717, 1.165) is 5.69 Å². The van der Waals surface area contributed by atoms with Gasteiger partial charge in [0.05, 0.1) is 5.39 Å². The number of carboxylic acids is 1. The van der Waals surface area contributed by atoms with Crippen LogP contribution in [0.5, 0.6) is 0 Å². The first kappa shape index (κ1) is 16.5. The van der Waals surface area contributed by atoms with Crippen molar-refractivity contribution < 1.29 is 9.90 Å². The number of benzene rings is 2. The highest BCUT2D eigenvalue weighted by Gasteiger charge is 2.17. The first-order chi connectivity index (χ1) is 13.1. The van der Waals surface area contributed by atoms with Crippen LogP contribution in [0.1, 0.15) is 10.4 Å². The van der Waals surface area contributed by atoms with Crippen molar-refractivity contribution in [3.8, 4) is 5.69 Å². The number of hydrogen-bond acceptors (Lipinski definition) is 5. The van der Waals surface area contributed by atoms with Crippen molar-refractivity contribution in [2.24, 2.45) is 0 Å². The van der Waals surface area contributed by atoms with Gasteiger partial charge in [0.2, 0.25) is 11.4 Å². The third-order valence-corrected chi connectivity index (χ3v) is 4.04. The largest absolute Gasteiger partial charge is 0.477 e. The molecule has 0 saturated heterocycles. The smallest absolute Gasteiger partial charge is 0.341 e. The maximum Gasteiger partial charge on any atom is 0.341 e. The molecule has 0 saturated carbocycles. The summed E-state index contributed by atoms with van der Waals surface area (Å²) in [5, 5.41) is 12.6. The Balaban J connectivity index is 1.95. The molecule has 0 amide bonds. The van der Waals surface area contributed by atoms with Gasteiger partial charge in [-0.1, -0.05) is 36.4 Å². The third-order valence-electron chi connectivity index (χ3n) is 4.04. The molecule has 2 heterocycles. The quantitative estimate of drug-likeness (QED) is 0.581. The van der Waals surface area contributed by atoms with Gasteiger partial charge in [-0.05, 0) is 24.3 Å². The molecule has 2 N–H and O–H groups in total. The molecule has 4 rings (SSSR count). The van der Waals surface area contributed by atoms with Crippen molar-refractivity contribution in [1.29, 1.82) is 0 Å². The van der Waals surface area contributed by atoms with E-state index in [0.29, 0.717) is 17.3 Å². The van der Waals surface area contributed by atoms with E-state index in [-0.39, 0.29) is 10.9 Å². The summed E-state index contributed by atoms with van der Waals surface area (Å²) < 4.78 is 1.58. The number of para-hydroxylation sites is 2. The predicted molar refractivity (Wildman–Crippen MR) is 102 cm³/mol. The highest BCUT2D eigenvalue weighted by molar-refractivity contribution is 5.92. The topological polar surface area (TPSA) is 97.1 Å². The molecule has 0 aliphatic heterocycles. The SMILES string of the molecule is O=C(O)c1cn(-c2ccccc2)c2nc(Nc3ccccc3)ncc2c1=O. The zero-order valence-electron chi connectivity index (χ0n) is 14.0. The van der Waals surface area contributed by atoms with E-state index in [1.54, 1.807) is 4.57 Å². The lowest BCUT2D eigenvalue weighted by atomic mass is 10.2. The van der Waals surface area contributed by atoms with Gasteiger partial charge in [-0.25, -0.2) is 9.78 Å². The molecule has 7 nitrogen and oxygen atoms in total. The number of nitrogens with zero attached hydrogens (tertiary/aromatic N) is 3. The van der Waals surface area contributed by atoms with Gasteiger partial charge in [0.25, 0.3) is 0 Å². The Kier molecular flexibility index (Phi) is 4.10. The van der Waals surface area contributed by atoms with E-state index in [1.165, 1.54) is 12.4 Å². The number of aromatic nitrogens is 3. The Morgan fingerprint density at radius 2 is 1.67 bits per heavy atom. The molecule has 4 aromatic rings. The van der Waals surface area contributed by atoms with Gasteiger partial charge < -0.3 is 15.0 Å². The Morgan fingerprint density at radius 1 is 1.00 bits per heavy atom. The number of nitrogens with one attached hydrogen (secondary N) is 1. The summed E-state index contributed by atoms with van der Waals surface area (Å²) >= 11 is 0. The number of fused-ring (bicyclic) bond motifs is 1. The number of rotatable bonds is 4. The molecule has 2 aromatic carbocycles. The van der Waals surface area contributed by atoms with Crippen LogP contribution in [-0.4, -0.2) is 25.6 Å². The first-order valence-electron chi connectivity index (χ1n) is 8.17. The number of carbonyl (C=O) groups is 1. The van der Waals surface area contributed by atoms with Crippen LogP contribution >= 0.6 is 0 Å². The summed E-state index contributed by atoms with van der Waals surface area (Å²) in [4.78, 5) is 32.6. The van der Waals surface area contributed by atoms with Crippen molar-refractivity contribution in [1.82, 2.24) is 14.5 Å². The van der Waals surface area contributed by atoms with E-state index >= 15 is 0 Å². The average molecular weight is 358 g/mol. The minimum Gasteiger partial charge on any atom is -0.477 e. The van der Waals surface area contributed by atoms with Crippen LogP contribution < -0.4 is 10.7 Å². The number of carboxylic acid groups (broad SMARTS) is 1. The molecule has 0 atom stereocenters. The molecule has 2 aromatic heterocycles. The summed E-state index contributed by atoms with van der Waals surface area (Å²) in [6.45, 7) is 0. The van der Waals surface area contributed by atoms with Crippen molar-refractivity contribution in [2.45, 2.75) is 0 Å². The molecular formula is C20H14N4O3. The van der Waals surface area contributed by atoms with Crippen LogP contribution in [0.4, 0.5) is 11.6 Å². The van der Waals surface area contributed by atoms with E-state index < -0.39 is 11.4 Å². The second kappa shape index (κ2) is 6.72. The van der Waals surface area contributed by atoms with Gasteiger partial charge in [-0.2, -0.15) is 4.98 Å². The van der Waals surface area contributed by atoms with Gasteiger partial charge in [0, 0.05) is 23.8 Å². The monoisotopic (exact) mass is 358 g/mol. The molecule has 0 fully saturated rings. The highest BCUT2D eigenvalue weighted by atomic mass is 16.4. The summed E-state index contributed by atoms with van der Waals surface area (Å²) in [7, 11) is 0. The molecule has 132 valence electrons. The van der Waals surface area contributed by atoms with Crippen LogP contribution in [0.25, 0.3) is 16.7 Å². The summed E-state index contributed by atoms with van der Waals surface area (Å²) in [6.07, 6.45) is 2.64. The molecule has 0 spiro atoms. The van der Waals surface area contributed by atoms with E-state index in [9.17, 15) is 14.7 Å². The third kappa shape index (κ3) is 3.13. The van der Waals surface area contributed by atoms with Crippen LogP contribution in [0.2, 0.25) is 0 Å². The van der Waals surface area contributed by atoms with E-state index in [2.05, 4.69) is 15.3 Å². The maximum absolute atomic E-state index is 12.5. The van der Waals surface area contributed by atoms with Gasteiger partial charge in [-0.3, -0.25) is 4.79 Å². The summed E-state index contributed by atoms with van der Waals surface area (Å²) in [5.41, 5.74) is 0.862. The lowest BCUT2D eigenvalue weighted by Crippen LogP contribution is -2.19. The second-order valence-corrected chi connectivity index (χ2v) is 5.80. The average Bonchev–Trinajstić information content (AvgIpc) is 2.69. The number of pyridine rings is 1. The Labute approximate surface area is 153 Å². The maximum atomic E-state index is 12.5. The van der Waals surface area contributed by atoms with Crippen molar-refractivity contribution in [3.63, 3.8) is 0 Å². The Bertz CT molecular complexity index is 1190. The fraction of sp³-hybridized carbons (Fsp3) is 0. The van der Waals surface area contributed by atoms with Crippen molar-refractivity contribution >= 4 is 28.6 Å². The number of anilines is 2. The Morgan fingerprint density at radius 3 is 2.33 bits per heavy atom. The second-order valence-electron chi connectivity index (χ2n) is 5.80. The van der Waals surface area contributed by atoms with Crippen LogP contribution in [0.3, 0.4) is 0 Å². The van der Waals surface area contributed by atoms with E-state index in [1.807, 2.05) is 60.7 Å². The number of hydrogen-bond donors (Lipinski definition) is 2. The fourth-order valence-electron chi connectivity index (χ4n) is 2.76. The zero-order valence-corrected chi connectivity index (χ0v) is 14.0. The predicted octanol–water partition coefficient (Wildman–Crippen LogP) is 3.22. The molecule has 0 aliphatic rings. The molecule has 7 heteroatoms. The normalized spacial score (nSPS) is 10.7. The highest BCUT2D eigenvalue weighted by Crippen LogP contribution is 2.19. The van der Waals surface area contributed by atoms with Crippen LogP contribution in [0.15, 0.2) is 77.9 Å². The van der Waals surface area contributed by atoms with Gasteiger partial charge in [-0.15, -0.1) is 0 Å².